The molecule has 178 valence electrons. The Bertz CT molecular complexity index is 441. The van der Waals surface area contributed by atoms with Crippen molar-refractivity contribution in [2.24, 2.45) is 11.8 Å². The quantitative estimate of drug-likeness (QED) is 0.177. The molecule has 0 fully saturated rings. The Balaban J connectivity index is 3.93. The minimum Gasteiger partial charge on any atom is -0.459 e. The van der Waals surface area contributed by atoms with Gasteiger partial charge < -0.3 is 9.47 Å². The molecule has 4 heteroatoms. The zero-order valence-corrected chi connectivity index (χ0v) is 21.3. The van der Waals surface area contributed by atoms with E-state index in [-0.39, 0.29) is 23.1 Å². The van der Waals surface area contributed by atoms with Crippen molar-refractivity contribution in [1.82, 2.24) is 0 Å². The van der Waals surface area contributed by atoms with E-state index in [1.165, 1.54) is 0 Å². The molecule has 30 heavy (non-hydrogen) atoms. The normalized spacial score (nSPS) is 15.7. The summed E-state index contributed by atoms with van der Waals surface area (Å²) in [5.41, 5.74) is -0.688. The molecule has 0 spiro atoms. The molecule has 4 nitrogen and oxygen atoms in total. The van der Waals surface area contributed by atoms with Crippen molar-refractivity contribution in [1.29, 1.82) is 0 Å². The smallest absolute Gasteiger partial charge is 0.306 e. The van der Waals surface area contributed by atoms with Crippen molar-refractivity contribution in [2.45, 2.75) is 144 Å². The summed E-state index contributed by atoms with van der Waals surface area (Å²) in [7, 11) is 0. The molecule has 0 saturated carbocycles. The molecule has 0 bridgehead atoms. The Morgan fingerprint density at radius 1 is 0.633 bits per heavy atom. The van der Waals surface area contributed by atoms with Gasteiger partial charge in [0.1, 0.15) is 11.2 Å². The van der Waals surface area contributed by atoms with Crippen LogP contribution in [0.5, 0.6) is 0 Å². The average Bonchev–Trinajstić information content (AvgIpc) is 2.63. The molecule has 0 aliphatic carbocycles. The van der Waals surface area contributed by atoms with E-state index in [1.54, 1.807) is 0 Å². The van der Waals surface area contributed by atoms with Gasteiger partial charge in [-0.3, -0.25) is 9.59 Å². The van der Waals surface area contributed by atoms with E-state index in [1.807, 2.05) is 0 Å². The number of ether oxygens (including phenoxy) is 2. The average molecular weight is 427 g/mol. The molecule has 0 rings (SSSR count). The molecular weight excluding hydrogens is 376 g/mol. The van der Waals surface area contributed by atoms with Gasteiger partial charge in [0.15, 0.2) is 0 Å². The Kier molecular flexibility index (Phi) is 14.3. The molecule has 0 heterocycles. The van der Waals surface area contributed by atoms with Gasteiger partial charge in [-0.2, -0.15) is 0 Å². The number of carbonyl (C=O) groups excluding carboxylic acids is 2. The first-order valence-corrected chi connectivity index (χ1v) is 12.4. The highest BCUT2D eigenvalue weighted by Gasteiger charge is 2.32. The molecule has 0 aromatic carbocycles. The second-order valence-electron chi connectivity index (χ2n) is 10.0. The second-order valence-corrected chi connectivity index (χ2v) is 10.0. The number of hydrogen-bond donors (Lipinski definition) is 0. The highest BCUT2D eigenvalue weighted by Crippen LogP contribution is 2.29. The van der Waals surface area contributed by atoms with Crippen LogP contribution in [0.1, 0.15) is 132 Å². The van der Waals surface area contributed by atoms with Gasteiger partial charge in [-0.25, -0.2) is 0 Å². The van der Waals surface area contributed by atoms with Crippen LogP contribution in [-0.4, -0.2) is 23.1 Å². The summed E-state index contributed by atoms with van der Waals surface area (Å²) in [6.45, 7) is 16.8. The number of rotatable bonds is 17. The Morgan fingerprint density at radius 3 is 1.20 bits per heavy atom. The van der Waals surface area contributed by atoms with E-state index >= 15 is 0 Å². The van der Waals surface area contributed by atoms with Gasteiger partial charge in [0.05, 0.1) is 0 Å². The summed E-state index contributed by atoms with van der Waals surface area (Å²) in [4.78, 5) is 24.4. The van der Waals surface area contributed by atoms with Crippen molar-refractivity contribution < 1.29 is 19.1 Å². The molecule has 0 amide bonds. The maximum Gasteiger partial charge on any atom is 0.306 e. The lowest BCUT2D eigenvalue weighted by Crippen LogP contribution is -2.37. The fraction of sp³-hybridized carbons (Fsp3) is 0.923. The first-order chi connectivity index (χ1) is 14.0. The van der Waals surface area contributed by atoms with Crippen LogP contribution in [-0.2, 0) is 19.1 Å². The third-order valence-electron chi connectivity index (χ3n) is 6.64. The number of carbonyl (C=O) groups is 2. The van der Waals surface area contributed by atoms with Crippen LogP contribution in [0.3, 0.4) is 0 Å². The molecule has 2 atom stereocenters. The maximum atomic E-state index is 12.2. The monoisotopic (exact) mass is 426 g/mol. The summed E-state index contributed by atoms with van der Waals surface area (Å²) in [6, 6.07) is 0. The SMILES string of the molecule is CCCC(C)(OC(=O)CCCCCCCCC(=O)OC(C)(CCC)C(C)C)C(C)C. The van der Waals surface area contributed by atoms with Gasteiger partial charge in [-0.05, 0) is 51.4 Å². The molecule has 0 aromatic heterocycles. The molecule has 0 aliphatic rings. The number of unbranched alkanes of at least 4 members (excludes halogenated alkanes) is 5. The van der Waals surface area contributed by atoms with Gasteiger partial charge in [-0.15, -0.1) is 0 Å². The first kappa shape index (κ1) is 28.9. The Labute approximate surface area is 186 Å². The summed E-state index contributed by atoms with van der Waals surface area (Å²) >= 11 is 0. The van der Waals surface area contributed by atoms with E-state index < -0.39 is 0 Å². The van der Waals surface area contributed by atoms with Gasteiger partial charge in [-0.1, -0.05) is 80.1 Å². The lowest BCUT2D eigenvalue weighted by atomic mass is 9.88. The largest absolute Gasteiger partial charge is 0.459 e. The predicted molar refractivity (Wildman–Crippen MR) is 125 cm³/mol. The molecule has 0 saturated heterocycles. The number of hydrogen-bond acceptors (Lipinski definition) is 4. The van der Waals surface area contributed by atoms with E-state index in [0.717, 1.165) is 64.2 Å². The van der Waals surface area contributed by atoms with E-state index in [4.69, 9.17) is 9.47 Å². The van der Waals surface area contributed by atoms with Crippen LogP contribution in [0.25, 0.3) is 0 Å². The van der Waals surface area contributed by atoms with Crippen molar-refractivity contribution in [3.05, 3.63) is 0 Å². The third kappa shape index (κ3) is 11.4. The van der Waals surface area contributed by atoms with E-state index in [2.05, 4.69) is 55.4 Å². The first-order valence-electron chi connectivity index (χ1n) is 12.4. The van der Waals surface area contributed by atoms with Crippen LogP contribution in [0.4, 0.5) is 0 Å². The Hall–Kier alpha value is -1.06. The minimum atomic E-state index is -0.344. The molecule has 2 unspecified atom stereocenters. The van der Waals surface area contributed by atoms with Crippen LogP contribution in [0.2, 0.25) is 0 Å². The van der Waals surface area contributed by atoms with Gasteiger partial charge in [0, 0.05) is 12.8 Å². The highest BCUT2D eigenvalue weighted by molar-refractivity contribution is 5.70. The molecule has 0 aliphatic heterocycles. The second kappa shape index (κ2) is 14.9. The molecular formula is C26H50O4. The lowest BCUT2D eigenvalue weighted by molar-refractivity contribution is -0.165. The predicted octanol–water partition coefficient (Wildman–Crippen LogP) is 7.62. The van der Waals surface area contributed by atoms with Gasteiger partial charge in [0.2, 0.25) is 0 Å². The van der Waals surface area contributed by atoms with E-state index in [9.17, 15) is 9.59 Å². The summed E-state index contributed by atoms with van der Waals surface area (Å²) in [5, 5.41) is 0. The van der Waals surface area contributed by atoms with E-state index in [0.29, 0.717) is 24.7 Å². The fourth-order valence-corrected chi connectivity index (χ4v) is 3.78. The maximum absolute atomic E-state index is 12.2. The van der Waals surface area contributed by atoms with Crippen molar-refractivity contribution in [3.8, 4) is 0 Å². The van der Waals surface area contributed by atoms with Gasteiger partial charge in [0.25, 0.3) is 0 Å². The lowest BCUT2D eigenvalue weighted by Gasteiger charge is -2.33. The molecule has 0 aromatic rings. The highest BCUT2D eigenvalue weighted by atomic mass is 16.6. The zero-order valence-electron chi connectivity index (χ0n) is 21.3. The van der Waals surface area contributed by atoms with Crippen molar-refractivity contribution in [2.75, 3.05) is 0 Å². The topological polar surface area (TPSA) is 52.6 Å². The summed E-state index contributed by atoms with van der Waals surface area (Å²) in [5.74, 6) is 0.521. The fourth-order valence-electron chi connectivity index (χ4n) is 3.78. The van der Waals surface area contributed by atoms with Crippen molar-refractivity contribution in [3.63, 3.8) is 0 Å². The van der Waals surface area contributed by atoms with Crippen molar-refractivity contribution >= 4 is 11.9 Å². The third-order valence-corrected chi connectivity index (χ3v) is 6.64. The number of esters is 2. The minimum absolute atomic E-state index is 0.0670. The van der Waals surface area contributed by atoms with Gasteiger partial charge >= 0.3 is 11.9 Å². The Morgan fingerprint density at radius 2 is 0.933 bits per heavy atom. The molecule has 0 N–H and O–H groups in total. The van der Waals surface area contributed by atoms with Crippen LogP contribution in [0.15, 0.2) is 0 Å². The zero-order chi connectivity index (χ0) is 23.2. The van der Waals surface area contributed by atoms with Crippen LogP contribution < -0.4 is 0 Å². The van der Waals surface area contributed by atoms with Crippen LogP contribution >= 0.6 is 0 Å². The standard InChI is InChI=1S/C26H50O4/c1-9-19-25(7,21(3)4)29-23(27)17-15-13-11-12-14-16-18-24(28)30-26(8,20-10-2)22(5)6/h21-22H,9-20H2,1-8H3. The summed E-state index contributed by atoms with van der Waals surface area (Å²) < 4.78 is 11.6. The molecule has 0 radical (unpaired) electrons. The van der Waals surface area contributed by atoms with Crippen LogP contribution in [0, 0.1) is 11.8 Å². The summed E-state index contributed by atoms with van der Waals surface area (Å²) in [6.07, 6.45) is 10.9.